The standard InChI is InChI=1S/C18H29N3O3/c1-21(18(22)13-23-12-14-7-5-6-10-24-14)11-17-15-8-3-2-4-9-16(15)19-20-17/h14H,2-13H2,1H3,(H,19,20)/t14-/m1/s1. The predicted octanol–water partition coefficient (Wildman–Crippen LogP) is 2.22. The molecule has 1 atom stereocenters. The average Bonchev–Trinajstić information content (AvgIpc) is 2.82. The summed E-state index contributed by atoms with van der Waals surface area (Å²) >= 11 is 0. The van der Waals surface area contributed by atoms with Crippen molar-refractivity contribution in [1.29, 1.82) is 0 Å². The minimum absolute atomic E-state index is 0.00354. The summed E-state index contributed by atoms with van der Waals surface area (Å²) in [6, 6.07) is 0. The lowest BCUT2D eigenvalue weighted by atomic mass is 10.1. The van der Waals surface area contributed by atoms with E-state index in [0.29, 0.717) is 13.2 Å². The van der Waals surface area contributed by atoms with Crippen LogP contribution in [0.2, 0.25) is 0 Å². The summed E-state index contributed by atoms with van der Waals surface area (Å²) in [6.45, 7) is 1.99. The molecule has 1 N–H and O–H groups in total. The molecular weight excluding hydrogens is 306 g/mol. The number of aryl methyl sites for hydroxylation is 1. The first-order valence-electron chi connectivity index (χ1n) is 9.22. The molecule has 0 radical (unpaired) electrons. The lowest BCUT2D eigenvalue weighted by molar-refractivity contribution is -0.137. The Morgan fingerprint density at radius 1 is 1.29 bits per heavy atom. The van der Waals surface area contributed by atoms with Crippen molar-refractivity contribution in [2.24, 2.45) is 0 Å². The number of likely N-dealkylation sites (N-methyl/N-ethyl adjacent to an activating group) is 1. The number of hydrogen-bond acceptors (Lipinski definition) is 4. The van der Waals surface area contributed by atoms with Crippen molar-refractivity contribution in [2.45, 2.75) is 64.0 Å². The van der Waals surface area contributed by atoms with Crippen LogP contribution in [-0.4, -0.2) is 54.0 Å². The molecule has 0 saturated carbocycles. The van der Waals surface area contributed by atoms with Crippen molar-refractivity contribution in [1.82, 2.24) is 15.1 Å². The summed E-state index contributed by atoms with van der Waals surface area (Å²) in [7, 11) is 1.82. The molecule has 1 fully saturated rings. The number of aromatic nitrogens is 2. The number of ether oxygens (including phenoxy) is 2. The van der Waals surface area contributed by atoms with E-state index >= 15 is 0 Å². The highest BCUT2D eigenvalue weighted by molar-refractivity contribution is 5.77. The van der Waals surface area contributed by atoms with E-state index in [2.05, 4.69) is 10.2 Å². The summed E-state index contributed by atoms with van der Waals surface area (Å²) in [4.78, 5) is 14.0. The fraction of sp³-hybridized carbons (Fsp3) is 0.778. The maximum absolute atomic E-state index is 12.3. The molecule has 0 aromatic carbocycles. The third-order valence-electron chi connectivity index (χ3n) is 5.01. The summed E-state index contributed by atoms with van der Waals surface area (Å²) in [5.74, 6) is -0.00354. The Labute approximate surface area is 143 Å². The number of carbonyl (C=O) groups is 1. The zero-order valence-electron chi connectivity index (χ0n) is 14.7. The third-order valence-corrected chi connectivity index (χ3v) is 5.01. The van der Waals surface area contributed by atoms with Crippen molar-refractivity contribution in [3.63, 3.8) is 0 Å². The van der Waals surface area contributed by atoms with Crippen LogP contribution in [0, 0.1) is 0 Å². The molecule has 0 spiro atoms. The molecule has 0 unspecified atom stereocenters. The fourth-order valence-corrected chi connectivity index (χ4v) is 3.50. The molecule has 1 amide bonds. The van der Waals surface area contributed by atoms with E-state index in [4.69, 9.17) is 9.47 Å². The van der Waals surface area contributed by atoms with Crippen molar-refractivity contribution in [2.75, 3.05) is 26.9 Å². The third kappa shape index (κ3) is 4.57. The van der Waals surface area contributed by atoms with Crippen LogP contribution in [-0.2, 0) is 33.7 Å². The minimum Gasteiger partial charge on any atom is -0.376 e. The van der Waals surface area contributed by atoms with Gasteiger partial charge in [0.2, 0.25) is 5.91 Å². The van der Waals surface area contributed by atoms with E-state index in [1.807, 2.05) is 7.05 Å². The quantitative estimate of drug-likeness (QED) is 0.810. The first-order valence-corrected chi connectivity index (χ1v) is 9.22. The molecule has 1 aliphatic carbocycles. The van der Waals surface area contributed by atoms with Crippen LogP contribution in [0.15, 0.2) is 0 Å². The van der Waals surface area contributed by atoms with Crippen LogP contribution in [0.3, 0.4) is 0 Å². The normalized spacial score (nSPS) is 21.1. The van der Waals surface area contributed by atoms with E-state index in [9.17, 15) is 4.79 Å². The summed E-state index contributed by atoms with van der Waals surface area (Å²) < 4.78 is 11.2. The van der Waals surface area contributed by atoms with Crippen molar-refractivity contribution in [3.05, 3.63) is 17.0 Å². The van der Waals surface area contributed by atoms with Gasteiger partial charge in [0, 0.05) is 19.3 Å². The molecule has 6 nitrogen and oxygen atoms in total. The van der Waals surface area contributed by atoms with Crippen LogP contribution in [0.25, 0.3) is 0 Å². The van der Waals surface area contributed by atoms with Crippen LogP contribution in [0.4, 0.5) is 0 Å². The Morgan fingerprint density at radius 3 is 3.00 bits per heavy atom. The lowest BCUT2D eigenvalue weighted by Gasteiger charge is -2.23. The largest absolute Gasteiger partial charge is 0.376 e. The number of carbonyl (C=O) groups excluding carboxylic acids is 1. The highest BCUT2D eigenvalue weighted by atomic mass is 16.5. The second kappa shape index (κ2) is 8.62. The van der Waals surface area contributed by atoms with Gasteiger partial charge in [-0.05, 0) is 50.5 Å². The molecule has 1 aromatic heterocycles. The smallest absolute Gasteiger partial charge is 0.248 e. The van der Waals surface area contributed by atoms with E-state index < -0.39 is 0 Å². The average molecular weight is 335 g/mol. The number of amides is 1. The molecule has 24 heavy (non-hydrogen) atoms. The fourth-order valence-electron chi connectivity index (χ4n) is 3.50. The van der Waals surface area contributed by atoms with E-state index in [0.717, 1.165) is 38.0 Å². The van der Waals surface area contributed by atoms with Gasteiger partial charge in [-0.2, -0.15) is 5.10 Å². The monoisotopic (exact) mass is 335 g/mol. The van der Waals surface area contributed by atoms with Gasteiger partial charge in [-0.3, -0.25) is 9.89 Å². The number of aromatic amines is 1. The molecular formula is C18H29N3O3. The van der Waals surface area contributed by atoms with Gasteiger partial charge < -0.3 is 14.4 Å². The molecule has 3 rings (SSSR count). The Bertz CT molecular complexity index is 538. The van der Waals surface area contributed by atoms with Crippen LogP contribution >= 0.6 is 0 Å². The van der Waals surface area contributed by atoms with Gasteiger partial charge in [0.05, 0.1) is 24.9 Å². The van der Waals surface area contributed by atoms with Gasteiger partial charge in [0.1, 0.15) is 6.61 Å². The zero-order chi connectivity index (χ0) is 16.8. The molecule has 6 heteroatoms. The second-order valence-electron chi connectivity index (χ2n) is 6.94. The predicted molar refractivity (Wildman–Crippen MR) is 90.7 cm³/mol. The van der Waals surface area contributed by atoms with Crippen LogP contribution in [0.1, 0.15) is 55.5 Å². The van der Waals surface area contributed by atoms with E-state index in [-0.39, 0.29) is 18.6 Å². The van der Waals surface area contributed by atoms with Gasteiger partial charge >= 0.3 is 0 Å². The number of hydrogen-bond donors (Lipinski definition) is 1. The molecule has 0 bridgehead atoms. The number of nitrogens with zero attached hydrogens (tertiary/aromatic N) is 2. The maximum Gasteiger partial charge on any atom is 0.248 e. The lowest BCUT2D eigenvalue weighted by Crippen LogP contribution is -2.32. The van der Waals surface area contributed by atoms with Gasteiger partial charge in [-0.1, -0.05) is 6.42 Å². The SMILES string of the molecule is CN(Cc1n[nH]c2c1CCCCC2)C(=O)COC[C@H]1CCCCO1. The van der Waals surface area contributed by atoms with Crippen molar-refractivity contribution < 1.29 is 14.3 Å². The van der Waals surface area contributed by atoms with Crippen LogP contribution < -0.4 is 0 Å². The Kier molecular flexibility index (Phi) is 6.26. The van der Waals surface area contributed by atoms with Gasteiger partial charge in [0.25, 0.3) is 0 Å². The number of H-pyrrole nitrogens is 1. The van der Waals surface area contributed by atoms with E-state index in [1.54, 1.807) is 4.90 Å². The first-order chi connectivity index (χ1) is 11.7. The molecule has 1 aromatic rings. The van der Waals surface area contributed by atoms with Crippen molar-refractivity contribution >= 4 is 5.91 Å². The first kappa shape index (κ1) is 17.4. The van der Waals surface area contributed by atoms with Crippen LogP contribution in [0.5, 0.6) is 0 Å². The molecule has 1 aliphatic heterocycles. The van der Waals surface area contributed by atoms with Gasteiger partial charge in [-0.15, -0.1) is 0 Å². The highest BCUT2D eigenvalue weighted by Crippen LogP contribution is 2.22. The number of rotatable bonds is 6. The topological polar surface area (TPSA) is 67.5 Å². The Morgan fingerprint density at radius 2 is 2.17 bits per heavy atom. The number of nitrogens with one attached hydrogen (secondary N) is 1. The summed E-state index contributed by atoms with van der Waals surface area (Å²) in [6.07, 6.45) is 9.35. The van der Waals surface area contributed by atoms with Gasteiger partial charge in [-0.25, -0.2) is 0 Å². The molecule has 1 saturated heterocycles. The summed E-state index contributed by atoms with van der Waals surface area (Å²) in [5.41, 5.74) is 3.59. The maximum atomic E-state index is 12.3. The Hall–Kier alpha value is -1.40. The Balaban J connectivity index is 1.45. The zero-order valence-corrected chi connectivity index (χ0v) is 14.7. The van der Waals surface area contributed by atoms with Gasteiger partial charge in [0.15, 0.2) is 0 Å². The van der Waals surface area contributed by atoms with E-state index in [1.165, 1.54) is 36.9 Å². The number of fused-ring (bicyclic) bond motifs is 1. The molecule has 134 valence electrons. The summed E-state index contributed by atoms with van der Waals surface area (Å²) in [5, 5.41) is 7.60. The minimum atomic E-state index is -0.00354. The van der Waals surface area contributed by atoms with Crippen molar-refractivity contribution in [3.8, 4) is 0 Å². The molecule has 2 aliphatic rings. The second-order valence-corrected chi connectivity index (χ2v) is 6.94. The highest BCUT2D eigenvalue weighted by Gasteiger charge is 2.19. The molecule has 2 heterocycles.